The summed E-state index contributed by atoms with van der Waals surface area (Å²) in [5.74, 6) is -0.136. The molecule has 3 rings (SSSR count). The first-order valence-corrected chi connectivity index (χ1v) is 8.81. The van der Waals surface area contributed by atoms with E-state index in [0.717, 1.165) is 0 Å². The Hall–Kier alpha value is -2.06. The molecule has 0 atom stereocenters. The molecular formula is C15H19N3O4S. The maximum Gasteiger partial charge on any atom is 0.250 e. The fourth-order valence-electron chi connectivity index (χ4n) is 2.92. The summed E-state index contributed by atoms with van der Waals surface area (Å²) in [7, 11) is -2.41. The van der Waals surface area contributed by atoms with E-state index in [1.165, 1.54) is 23.5 Å². The lowest BCUT2D eigenvalue weighted by Crippen LogP contribution is -2.39. The van der Waals surface area contributed by atoms with Crippen LogP contribution in [0.4, 0.5) is 0 Å². The lowest BCUT2D eigenvalue weighted by molar-refractivity contribution is 0.272. The fourth-order valence-corrected chi connectivity index (χ4v) is 4.61. The monoisotopic (exact) mass is 337 g/mol. The normalized spacial score (nSPS) is 17.3. The summed E-state index contributed by atoms with van der Waals surface area (Å²) in [6, 6.07) is 4.69. The summed E-state index contributed by atoms with van der Waals surface area (Å²) in [5.41, 5.74) is 0. The van der Waals surface area contributed by atoms with Gasteiger partial charge in [0.25, 0.3) is 0 Å². The molecule has 0 aliphatic carbocycles. The maximum absolute atomic E-state index is 12.8. The zero-order valence-corrected chi connectivity index (χ0v) is 13.6. The van der Waals surface area contributed by atoms with E-state index in [-0.39, 0.29) is 22.4 Å². The number of aromatic nitrogens is 2. The number of phenols is 1. The van der Waals surface area contributed by atoms with Crippen molar-refractivity contribution >= 4 is 10.0 Å². The third-order valence-electron chi connectivity index (χ3n) is 4.15. The Kier molecular flexibility index (Phi) is 4.27. The molecule has 0 unspecified atom stereocenters. The van der Waals surface area contributed by atoms with Crippen molar-refractivity contribution in [3.8, 4) is 11.5 Å². The Morgan fingerprint density at radius 2 is 2.04 bits per heavy atom. The molecule has 1 saturated heterocycles. The Bertz CT molecular complexity index is 766. The molecule has 0 bridgehead atoms. The van der Waals surface area contributed by atoms with Crippen molar-refractivity contribution < 1.29 is 18.3 Å². The number of hydrogen-bond donors (Lipinski definition) is 1. The van der Waals surface area contributed by atoms with E-state index >= 15 is 0 Å². The molecule has 2 aromatic rings. The molecule has 23 heavy (non-hydrogen) atoms. The van der Waals surface area contributed by atoms with Crippen molar-refractivity contribution in [3.05, 3.63) is 36.9 Å². The summed E-state index contributed by atoms with van der Waals surface area (Å²) in [4.78, 5) is 3.87. The second kappa shape index (κ2) is 6.21. The summed E-state index contributed by atoms with van der Waals surface area (Å²) >= 11 is 0. The van der Waals surface area contributed by atoms with E-state index in [9.17, 15) is 13.5 Å². The summed E-state index contributed by atoms with van der Waals surface area (Å²) in [5, 5.41) is 9.99. The molecule has 7 nitrogen and oxygen atoms in total. The Balaban J connectivity index is 1.82. The Morgan fingerprint density at radius 1 is 1.30 bits per heavy atom. The minimum atomic E-state index is -3.79. The van der Waals surface area contributed by atoms with E-state index in [1.807, 2.05) is 10.8 Å². The zero-order valence-electron chi connectivity index (χ0n) is 12.8. The van der Waals surface area contributed by atoms with Crippen molar-refractivity contribution in [2.75, 3.05) is 20.2 Å². The number of aromatic hydroxyl groups is 1. The van der Waals surface area contributed by atoms with Gasteiger partial charge in [0, 0.05) is 31.5 Å². The predicted octanol–water partition coefficient (Wildman–Crippen LogP) is 1.62. The van der Waals surface area contributed by atoms with Crippen molar-refractivity contribution in [1.29, 1.82) is 0 Å². The Labute approximate surface area is 135 Å². The number of ether oxygens (including phenoxy) is 1. The number of piperidine rings is 1. The molecule has 1 N–H and O–H groups in total. The summed E-state index contributed by atoms with van der Waals surface area (Å²) in [6.07, 6.45) is 6.76. The number of sulfonamides is 1. The van der Waals surface area contributed by atoms with E-state index in [0.29, 0.717) is 25.9 Å². The van der Waals surface area contributed by atoms with Crippen molar-refractivity contribution in [2.45, 2.75) is 23.8 Å². The van der Waals surface area contributed by atoms with Crippen LogP contribution in [-0.2, 0) is 10.0 Å². The highest BCUT2D eigenvalue weighted by atomic mass is 32.2. The minimum Gasteiger partial charge on any atom is -0.506 e. The second-order valence-electron chi connectivity index (χ2n) is 5.45. The highest BCUT2D eigenvalue weighted by Crippen LogP contribution is 2.36. The lowest BCUT2D eigenvalue weighted by Gasteiger charge is -2.32. The van der Waals surface area contributed by atoms with Crippen LogP contribution in [-0.4, -0.2) is 47.6 Å². The standard InChI is InChI=1S/C15H19N3O4S/c1-22-14-4-2-3-13(19)15(14)23(20,21)18-8-5-12(6-9-18)17-10-7-16-11-17/h2-4,7,10-12,19H,5-6,8-9H2,1H3. The van der Waals surface area contributed by atoms with E-state index in [2.05, 4.69) is 4.98 Å². The van der Waals surface area contributed by atoms with Crippen LogP contribution in [0.1, 0.15) is 18.9 Å². The van der Waals surface area contributed by atoms with Crippen LogP contribution in [0.15, 0.2) is 41.8 Å². The number of phenolic OH excluding ortho intramolecular Hbond substituents is 1. The zero-order chi connectivity index (χ0) is 16.4. The number of rotatable bonds is 4. The first kappa shape index (κ1) is 15.8. The first-order chi connectivity index (χ1) is 11.0. The van der Waals surface area contributed by atoms with Crippen molar-refractivity contribution in [3.63, 3.8) is 0 Å². The van der Waals surface area contributed by atoms with Gasteiger partial charge in [0.05, 0.1) is 13.4 Å². The first-order valence-electron chi connectivity index (χ1n) is 7.37. The molecule has 0 spiro atoms. The molecule has 1 aliphatic rings. The van der Waals surface area contributed by atoms with Crippen molar-refractivity contribution in [1.82, 2.24) is 13.9 Å². The number of imidazole rings is 1. The minimum absolute atomic E-state index is 0.154. The lowest BCUT2D eigenvalue weighted by atomic mass is 10.1. The van der Waals surface area contributed by atoms with Crippen LogP contribution in [0, 0.1) is 0 Å². The topological polar surface area (TPSA) is 84.7 Å². The number of nitrogens with zero attached hydrogens (tertiary/aromatic N) is 3. The van der Waals surface area contributed by atoms with Gasteiger partial charge < -0.3 is 14.4 Å². The van der Waals surface area contributed by atoms with E-state index in [4.69, 9.17) is 4.74 Å². The Morgan fingerprint density at radius 3 is 2.65 bits per heavy atom. The van der Waals surface area contributed by atoms with Crippen LogP contribution in [0.2, 0.25) is 0 Å². The van der Waals surface area contributed by atoms with Gasteiger partial charge in [0.2, 0.25) is 10.0 Å². The number of methoxy groups -OCH3 is 1. The van der Waals surface area contributed by atoms with E-state index in [1.54, 1.807) is 18.6 Å². The highest BCUT2D eigenvalue weighted by Gasteiger charge is 2.33. The van der Waals surface area contributed by atoms with Gasteiger partial charge in [-0.3, -0.25) is 0 Å². The third kappa shape index (κ3) is 2.91. The molecule has 8 heteroatoms. The van der Waals surface area contributed by atoms with Gasteiger partial charge in [0.15, 0.2) is 4.90 Å². The number of benzene rings is 1. The number of hydrogen-bond acceptors (Lipinski definition) is 5. The van der Waals surface area contributed by atoms with Crippen LogP contribution >= 0.6 is 0 Å². The van der Waals surface area contributed by atoms with Gasteiger partial charge in [-0.05, 0) is 25.0 Å². The SMILES string of the molecule is COc1cccc(O)c1S(=O)(=O)N1CCC(n2ccnc2)CC1. The summed E-state index contributed by atoms with van der Waals surface area (Å²) < 4.78 is 34.2. The maximum atomic E-state index is 12.8. The van der Waals surface area contributed by atoms with Gasteiger partial charge in [-0.2, -0.15) is 4.31 Å². The fraction of sp³-hybridized carbons (Fsp3) is 0.400. The quantitative estimate of drug-likeness (QED) is 0.916. The van der Waals surface area contributed by atoms with Gasteiger partial charge in [-0.25, -0.2) is 13.4 Å². The smallest absolute Gasteiger partial charge is 0.250 e. The molecule has 0 saturated carbocycles. The molecule has 0 amide bonds. The highest BCUT2D eigenvalue weighted by molar-refractivity contribution is 7.89. The van der Waals surface area contributed by atoms with Crippen LogP contribution in [0.25, 0.3) is 0 Å². The average molecular weight is 337 g/mol. The third-order valence-corrected chi connectivity index (χ3v) is 6.12. The largest absolute Gasteiger partial charge is 0.506 e. The van der Waals surface area contributed by atoms with Crippen molar-refractivity contribution in [2.24, 2.45) is 0 Å². The second-order valence-corrected chi connectivity index (χ2v) is 7.33. The van der Waals surface area contributed by atoms with Crippen LogP contribution < -0.4 is 4.74 Å². The molecule has 1 aliphatic heterocycles. The van der Waals surface area contributed by atoms with Crippen LogP contribution in [0.5, 0.6) is 11.5 Å². The molecule has 124 valence electrons. The molecule has 1 fully saturated rings. The van der Waals surface area contributed by atoms with Gasteiger partial charge in [-0.1, -0.05) is 6.07 Å². The molecule has 1 aromatic carbocycles. The van der Waals surface area contributed by atoms with Gasteiger partial charge >= 0.3 is 0 Å². The molecule has 0 radical (unpaired) electrons. The van der Waals surface area contributed by atoms with Crippen LogP contribution in [0.3, 0.4) is 0 Å². The van der Waals surface area contributed by atoms with Gasteiger partial charge in [-0.15, -0.1) is 0 Å². The molecule has 2 heterocycles. The predicted molar refractivity (Wildman–Crippen MR) is 83.9 cm³/mol. The van der Waals surface area contributed by atoms with E-state index < -0.39 is 10.0 Å². The molecular weight excluding hydrogens is 318 g/mol. The average Bonchev–Trinajstić information content (AvgIpc) is 3.09. The van der Waals surface area contributed by atoms with Gasteiger partial charge in [0.1, 0.15) is 11.5 Å². The summed E-state index contributed by atoms with van der Waals surface area (Å²) in [6.45, 7) is 0.783. The molecule has 1 aromatic heterocycles.